The quantitative estimate of drug-likeness (QED) is 0.732. The fourth-order valence-corrected chi connectivity index (χ4v) is 2.73. The average Bonchev–Trinajstić information content (AvgIpc) is 2.57. The Bertz CT molecular complexity index is 533. The predicted molar refractivity (Wildman–Crippen MR) is 65.4 cm³/mol. The highest BCUT2D eigenvalue weighted by Gasteiger charge is 2.16. The lowest BCUT2D eigenvalue weighted by Gasteiger charge is -2.10. The van der Waals surface area contributed by atoms with Crippen LogP contribution in [0.3, 0.4) is 0 Å². The first kappa shape index (κ1) is 9.67. The molecule has 0 saturated carbocycles. The molecule has 0 amide bonds. The molecule has 1 aliphatic carbocycles. The van der Waals surface area contributed by atoms with Crippen LogP contribution in [0.5, 0.6) is 0 Å². The first-order valence-electron chi connectivity index (χ1n) is 5.11. The Morgan fingerprint density at radius 3 is 3.00 bits per heavy atom. The standard InChI is InChI=1S/C11H10BrClN2/c12-8-5-7-6-3-1-2-4-9(6)14-11(7)15-10(8)13/h5H,1-4H2,(H,14,15). The zero-order valence-corrected chi connectivity index (χ0v) is 10.5. The van der Waals surface area contributed by atoms with Crippen molar-refractivity contribution in [3.63, 3.8) is 0 Å². The van der Waals surface area contributed by atoms with Gasteiger partial charge in [0.15, 0.2) is 0 Å². The number of fused-ring (bicyclic) bond motifs is 3. The Balaban J connectivity index is 2.33. The van der Waals surface area contributed by atoms with E-state index in [2.05, 4.69) is 32.0 Å². The van der Waals surface area contributed by atoms with Gasteiger partial charge in [0.05, 0.1) is 4.47 Å². The number of rotatable bonds is 0. The molecule has 1 N–H and O–H groups in total. The maximum absolute atomic E-state index is 5.97. The molecule has 4 heteroatoms. The smallest absolute Gasteiger partial charge is 0.145 e. The summed E-state index contributed by atoms with van der Waals surface area (Å²) in [6.45, 7) is 0. The number of H-pyrrole nitrogens is 1. The van der Waals surface area contributed by atoms with E-state index in [4.69, 9.17) is 11.6 Å². The van der Waals surface area contributed by atoms with Crippen molar-refractivity contribution in [2.75, 3.05) is 0 Å². The molecule has 0 atom stereocenters. The van der Waals surface area contributed by atoms with Gasteiger partial charge < -0.3 is 4.98 Å². The summed E-state index contributed by atoms with van der Waals surface area (Å²) >= 11 is 9.39. The highest BCUT2D eigenvalue weighted by atomic mass is 79.9. The van der Waals surface area contributed by atoms with E-state index in [-0.39, 0.29) is 0 Å². The second-order valence-corrected chi connectivity index (χ2v) is 5.16. The predicted octanol–water partition coefficient (Wildman–Crippen LogP) is 3.86. The normalized spacial score (nSPS) is 15.6. The fourth-order valence-electron chi connectivity index (χ4n) is 2.28. The van der Waals surface area contributed by atoms with E-state index in [0.717, 1.165) is 23.0 Å². The number of nitrogens with zero attached hydrogens (tertiary/aromatic N) is 1. The third-order valence-corrected chi connectivity index (χ3v) is 4.12. The van der Waals surface area contributed by atoms with Crippen LogP contribution in [0, 0.1) is 0 Å². The van der Waals surface area contributed by atoms with Crippen molar-refractivity contribution in [2.24, 2.45) is 0 Å². The molecule has 0 fully saturated rings. The lowest BCUT2D eigenvalue weighted by molar-refractivity contribution is 0.680. The van der Waals surface area contributed by atoms with Gasteiger partial charge in [-0.2, -0.15) is 0 Å². The maximum atomic E-state index is 5.97. The molecule has 2 heterocycles. The van der Waals surface area contributed by atoms with Crippen molar-refractivity contribution in [2.45, 2.75) is 25.7 Å². The highest BCUT2D eigenvalue weighted by molar-refractivity contribution is 9.10. The molecule has 3 rings (SSSR count). The largest absolute Gasteiger partial charge is 0.343 e. The van der Waals surface area contributed by atoms with Gasteiger partial charge in [-0.1, -0.05) is 11.6 Å². The Morgan fingerprint density at radius 2 is 2.13 bits per heavy atom. The molecule has 0 aliphatic heterocycles. The van der Waals surface area contributed by atoms with Crippen molar-refractivity contribution in [3.8, 4) is 0 Å². The van der Waals surface area contributed by atoms with E-state index in [1.165, 1.54) is 29.5 Å². The molecule has 0 unspecified atom stereocenters. The van der Waals surface area contributed by atoms with Gasteiger partial charge in [-0.25, -0.2) is 4.98 Å². The number of pyridine rings is 1. The molecular weight excluding hydrogens is 275 g/mol. The van der Waals surface area contributed by atoms with Crippen molar-refractivity contribution in [3.05, 3.63) is 26.9 Å². The van der Waals surface area contributed by atoms with Crippen LogP contribution in [0.2, 0.25) is 5.15 Å². The number of aryl methyl sites for hydroxylation is 2. The molecular formula is C11H10BrClN2. The molecule has 0 aromatic carbocycles. The van der Waals surface area contributed by atoms with E-state index < -0.39 is 0 Å². The van der Waals surface area contributed by atoms with Gasteiger partial charge >= 0.3 is 0 Å². The highest BCUT2D eigenvalue weighted by Crippen LogP contribution is 2.32. The summed E-state index contributed by atoms with van der Waals surface area (Å²) in [4.78, 5) is 7.71. The number of halogens is 2. The zero-order valence-electron chi connectivity index (χ0n) is 8.11. The van der Waals surface area contributed by atoms with Gasteiger partial charge in [-0.05, 0) is 53.2 Å². The van der Waals surface area contributed by atoms with Crippen molar-refractivity contribution >= 4 is 38.6 Å². The van der Waals surface area contributed by atoms with Gasteiger partial charge in [0, 0.05) is 11.1 Å². The summed E-state index contributed by atoms with van der Waals surface area (Å²) in [5.74, 6) is 0. The van der Waals surface area contributed by atoms with Gasteiger partial charge in [0.2, 0.25) is 0 Å². The Labute approximate surface area is 101 Å². The van der Waals surface area contributed by atoms with Crippen LogP contribution < -0.4 is 0 Å². The summed E-state index contributed by atoms with van der Waals surface area (Å²) in [5, 5.41) is 1.75. The van der Waals surface area contributed by atoms with Crippen LogP contribution in [0.4, 0.5) is 0 Å². The third kappa shape index (κ3) is 1.49. The van der Waals surface area contributed by atoms with Crippen LogP contribution in [0.1, 0.15) is 24.1 Å². The van der Waals surface area contributed by atoms with E-state index in [1.54, 1.807) is 0 Å². The number of hydrogen-bond acceptors (Lipinski definition) is 1. The number of aromatic nitrogens is 2. The molecule has 1 aliphatic rings. The van der Waals surface area contributed by atoms with Gasteiger partial charge in [0.1, 0.15) is 10.8 Å². The average molecular weight is 286 g/mol. The van der Waals surface area contributed by atoms with Crippen LogP contribution in [0.15, 0.2) is 10.5 Å². The summed E-state index contributed by atoms with van der Waals surface area (Å²) in [6, 6.07) is 2.07. The lowest BCUT2D eigenvalue weighted by atomic mass is 9.96. The van der Waals surface area contributed by atoms with Crippen LogP contribution in [-0.2, 0) is 12.8 Å². The van der Waals surface area contributed by atoms with Gasteiger partial charge in [-0.15, -0.1) is 0 Å². The van der Waals surface area contributed by atoms with Crippen molar-refractivity contribution in [1.29, 1.82) is 0 Å². The Kier molecular flexibility index (Phi) is 2.25. The van der Waals surface area contributed by atoms with Crippen LogP contribution in [-0.4, -0.2) is 9.97 Å². The minimum atomic E-state index is 0.529. The number of hydrogen-bond donors (Lipinski definition) is 1. The van der Waals surface area contributed by atoms with Gasteiger partial charge in [0.25, 0.3) is 0 Å². The fraction of sp³-hybridized carbons (Fsp3) is 0.364. The molecule has 2 aromatic heterocycles. The topological polar surface area (TPSA) is 28.7 Å². The number of aromatic amines is 1. The second kappa shape index (κ2) is 3.49. The van der Waals surface area contributed by atoms with E-state index in [0.29, 0.717) is 5.15 Å². The minimum absolute atomic E-state index is 0.529. The summed E-state index contributed by atoms with van der Waals surface area (Å²) < 4.78 is 0.879. The zero-order chi connectivity index (χ0) is 10.4. The van der Waals surface area contributed by atoms with Crippen LogP contribution in [0.25, 0.3) is 11.0 Å². The van der Waals surface area contributed by atoms with Crippen LogP contribution >= 0.6 is 27.5 Å². The SMILES string of the molecule is Clc1nc2[nH]c3c(c2cc1Br)CCCC3. The van der Waals surface area contributed by atoms with Crippen molar-refractivity contribution in [1.82, 2.24) is 9.97 Å². The first-order chi connectivity index (χ1) is 7.25. The molecule has 15 heavy (non-hydrogen) atoms. The maximum Gasteiger partial charge on any atom is 0.145 e. The summed E-state index contributed by atoms with van der Waals surface area (Å²) in [5.41, 5.74) is 3.70. The third-order valence-electron chi connectivity index (χ3n) is 3.00. The Hall–Kier alpha value is -0.540. The monoisotopic (exact) mass is 284 g/mol. The van der Waals surface area contributed by atoms with E-state index in [9.17, 15) is 0 Å². The molecule has 2 aromatic rings. The Morgan fingerprint density at radius 1 is 1.33 bits per heavy atom. The van der Waals surface area contributed by atoms with Crippen molar-refractivity contribution < 1.29 is 0 Å². The molecule has 78 valence electrons. The van der Waals surface area contributed by atoms with E-state index >= 15 is 0 Å². The minimum Gasteiger partial charge on any atom is -0.343 e. The lowest BCUT2D eigenvalue weighted by Crippen LogP contribution is -1.99. The molecule has 0 spiro atoms. The summed E-state index contributed by atoms with van der Waals surface area (Å²) in [6.07, 6.45) is 4.85. The molecule has 0 bridgehead atoms. The molecule has 0 saturated heterocycles. The first-order valence-corrected chi connectivity index (χ1v) is 6.28. The molecule has 2 nitrogen and oxygen atoms in total. The van der Waals surface area contributed by atoms with Gasteiger partial charge in [-0.3, -0.25) is 0 Å². The van der Waals surface area contributed by atoms with E-state index in [1.807, 2.05) is 0 Å². The number of nitrogens with one attached hydrogen (secondary N) is 1. The second-order valence-electron chi connectivity index (χ2n) is 3.95. The molecule has 0 radical (unpaired) electrons. The summed E-state index contributed by atoms with van der Waals surface area (Å²) in [7, 11) is 0.